The van der Waals surface area contributed by atoms with Crippen molar-refractivity contribution in [3.8, 4) is 17.2 Å². The van der Waals surface area contributed by atoms with E-state index in [0.717, 1.165) is 46.4 Å². The van der Waals surface area contributed by atoms with Gasteiger partial charge in [-0.3, -0.25) is 13.9 Å². The zero-order valence-electron chi connectivity index (χ0n) is 26.7. The summed E-state index contributed by atoms with van der Waals surface area (Å²) in [4.78, 5) is 29.1. The van der Waals surface area contributed by atoms with Gasteiger partial charge in [0.2, 0.25) is 11.8 Å². The number of ether oxygens (including phenoxy) is 3. The van der Waals surface area contributed by atoms with Crippen molar-refractivity contribution in [3.63, 3.8) is 0 Å². The van der Waals surface area contributed by atoms with Gasteiger partial charge in [-0.25, -0.2) is 8.42 Å². The molecule has 0 bridgehead atoms. The Hall–Kier alpha value is -3.77. The normalized spacial score (nSPS) is 14.2. The second kappa shape index (κ2) is 16.2. The molecule has 0 aromatic heterocycles. The van der Waals surface area contributed by atoms with Crippen LogP contribution in [-0.2, 0) is 26.2 Å². The molecule has 248 valence electrons. The Kier molecular flexibility index (Phi) is 12.3. The van der Waals surface area contributed by atoms with Gasteiger partial charge < -0.3 is 24.4 Å². The molecule has 1 aliphatic rings. The molecule has 1 atom stereocenters. The smallest absolute Gasteiger partial charge is 0.264 e. The van der Waals surface area contributed by atoms with Crippen LogP contribution >= 0.6 is 15.9 Å². The number of sulfonamides is 1. The van der Waals surface area contributed by atoms with Crippen LogP contribution in [0.5, 0.6) is 17.2 Å². The molecular formula is C34H42BrN3O7S. The monoisotopic (exact) mass is 715 g/mol. The number of halogens is 1. The van der Waals surface area contributed by atoms with E-state index in [0.29, 0.717) is 18.1 Å². The average molecular weight is 717 g/mol. The van der Waals surface area contributed by atoms with Crippen molar-refractivity contribution in [2.75, 3.05) is 31.7 Å². The summed E-state index contributed by atoms with van der Waals surface area (Å²) >= 11 is 3.44. The second-order valence-electron chi connectivity index (χ2n) is 11.1. The summed E-state index contributed by atoms with van der Waals surface area (Å²) in [6.07, 6.45) is 5.03. The second-order valence-corrected chi connectivity index (χ2v) is 13.9. The molecule has 12 heteroatoms. The van der Waals surface area contributed by atoms with Gasteiger partial charge in [0.25, 0.3) is 10.0 Å². The summed E-state index contributed by atoms with van der Waals surface area (Å²) < 4.78 is 46.7. The van der Waals surface area contributed by atoms with Gasteiger partial charge in [-0.05, 0) is 80.8 Å². The summed E-state index contributed by atoms with van der Waals surface area (Å²) in [5.74, 6) is 0.348. The van der Waals surface area contributed by atoms with Crippen LogP contribution in [-0.4, -0.2) is 64.6 Å². The highest BCUT2D eigenvalue weighted by Gasteiger charge is 2.33. The van der Waals surface area contributed by atoms with Crippen LogP contribution in [0.2, 0.25) is 0 Å². The molecule has 0 heterocycles. The number of carbonyl (C=O) groups is 2. The van der Waals surface area contributed by atoms with Gasteiger partial charge in [0, 0.05) is 23.1 Å². The van der Waals surface area contributed by atoms with E-state index in [1.807, 2.05) is 31.2 Å². The van der Waals surface area contributed by atoms with Gasteiger partial charge in [-0.1, -0.05) is 47.3 Å². The molecule has 2 amide bonds. The molecule has 10 nitrogen and oxygen atoms in total. The highest BCUT2D eigenvalue weighted by Crippen LogP contribution is 2.33. The van der Waals surface area contributed by atoms with E-state index in [1.165, 1.54) is 37.3 Å². The Morgan fingerprint density at radius 3 is 2.20 bits per heavy atom. The zero-order chi connectivity index (χ0) is 33.3. The first kappa shape index (κ1) is 35.1. The van der Waals surface area contributed by atoms with Crippen LogP contribution in [0.25, 0.3) is 0 Å². The van der Waals surface area contributed by atoms with Crippen molar-refractivity contribution in [3.05, 3.63) is 76.8 Å². The van der Waals surface area contributed by atoms with E-state index >= 15 is 0 Å². The molecule has 1 aliphatic carbocycles. The minimum absolute atomic E-state index is 0.0547. The molecule has 1 fully saturated rings. The van der Waals surface area contributed by atoms with Crippen LogP contribution in [0.4, 0.5) is 5.69 Å². The molecule has 4 rings (SSSR count). The number of hydrogen-bond acceptors (Lipinski definition) is 7. The van der Waals surface area contributed by atoms with Crippen molar-refractivity contribution >= 4 is 43.5 Å². The number of benzene rings is 3. The molecule has 0 aliphatic heterocycles. The fraction of sp³-hybridized carbons (Fsp3) is 0.412. The minimum Gasteiger partial charge on any atom is -0.494 e. The number of hydrogen-bond donors (Lipinski definition) is 1. The number of nitrogens with one attached hydrogen (secondary N) is 1. The number of nitrogens with zero attached hydrogens (tertiary/aromatic N) is 2. The van der Waals surface area contributed by atoms with E-state index in [-0.39, 0.29) is 34.8 Å². The lowest BCUT2D eigenvalue weighted by Crippen LogP contribution is -2.53. The predicted octanol–water partition coefficient (Wildman–Crippen LogP) is 5.93. The third-order valence-corrected chi connectivity index (χ3v) is 10.3. The van der Waals surface area contributed by atoms with Crippen LogP contribution in [0, 0.1) is 0 Å². The molecule has 0 saturated heterocycles. The minimum atomic E-state index is -4.31. The van der Waals surface area contributed by atoms with E-state index in [9.17, 15) is 18.0 Å². The summed E-state index contributed by atoms with van der Waals surface area (Å²) in [5.41, 5.74) is 1.05. The maximum absolute atomic E-state index is 14.3. The third kappa shape index (κ3) is 8.73. The lowest BCUT2D eigenvalue weighted by Gasteiger charge is -2.33. The van der Waals surface area contributed by atoms with Crippen molar-refractivity contribution < 1.29 is 32.2 Å². The number of anilines is 1. The molecule has 46 heavy (non-hydrogen) atoms. The Bertz CT molecular complexity index is 1580. The Morgan fingerprint density at radius 1 is 0.935 bits per heavy atom. The molecule has 1 N–H and O–H groups in total. The maximum Gasteiger partial charge on any atom is 0.264 e. The fourth-order valence-corrected chi connectivity index (χ4v) is 7.14. The van der Waals surface area contributed by atoms with E-state index in [1.54, 1.807) is 31.2 Å². The van der Waals surface area contributed by atoms with Gasteiger partial charge in [-0.2, -0.15) is 0 Å². The first-order chi connectivity index (χ1) is 22.1. The molecule has 1 saturated carbocycles. The summed E-state index contributed by atoms with van der Waals surface area (Å²) in [7, 11) is -1.43. The lowest BCUT2D eigenvalue weighted by molar-refractivity contribution is -0.139. The van der Waals surface area contributed by atoms with E-state index in [2.05, 4.69) is 21.2 Å². The van der Waals surface area contributed by atoms with Crippen LogP contribution in [0.1, 0.15) is 51.5 Å². The predicted molar refractivity (Wildman–Crippen MR) is 181 cm³/mol. The van der Waals surface area contributed by atoms with Crippen LogP contribution in [0.15, 0.2) is 76.1 Å². The fourth-order valence-electron chi connectivity index (χ4n) is 5.45. The average Bonchev–Trinajstić information content (AvgIpc) is 3.07. The molecule has 3 aromatic carbocycles. The molecule has 3 aromatic rings. The van der Waals surface area contributed by atoms with Gasteiger partial charge in [0.05, 0.1) is 31.4 Å². The quantitative estimate of drug-likeness (QED) is 0.220. The van der Waals surface area contributed by atoms with E-state index < -0.39 is 28.5 Å². The molecule has 0 spiro atoms. The lowest BCUT2D eigenvalue weighted by atomic mass is 9.95. The topological polar surface area (TPSA) is 114 Å². The standard InChI is InChI=1S/C34H42BrN3O7S/c1-5-45-29-17-15-28(16-18-29)38(46(41,42)30-19-20-31(43-3)32(21-30)44-4)23-33(39)37(22-25-11-13-26(35)14-12-25)24(2)34(40)36-27-9-7-6-8-10-27/h11-21,24,27H,5-10,22-23H2,1-4H3,(H,36,40)/t24-/m0/s1. The number of methoxy groups -OCH3 is 2. The summed E-state index contributed by atoms with van der Waals surface area (Å²) in [6, 6.07) is 17.4. The van der Waals surface area contributed by atoms with Gasteiger partial charge in [0.1, 0.15) is 18.3 Å². The Morgan fingerprint density at radius 2 is 1.59 bits per heavy atom. The first-order valence-corrected chi connectivity index (χ1v) is 17.6. The number of rotatable bonds is 14. The van der Waals surface area contributed by atoms with Crippen LogP contribution in [0.3, 0.4) is 0 Å². The molecule has 0 radical (unpaired) electrons. The maximum atomic E-state index is 14.3. The van der Waals surface area contributed by atoms with Crippen molar-refractivity contribution in [1.82, 2.24) is 10.2 Å². The van der Waals surface area contributed by atoms with Gasteiger partial charge >= 0.3 is 0 Å². The highest BCUT2D eigenvalue weighted by atomic mass is 79.9. The Labute approximate surface area is 280 Å². The molecular weight excluding hydrogens is 674 g/mol. The molecule has 0 unspecified atom stereocenters. The Balaban J connectivity index is 1.71. The van der Waals surface area contributed by atoms with Crippen LogP contribution < -0.4 is 23.8 Å². The van der Waals surface area contributed by atoms with E-state index in [4.69, 9.17) is 14.2 Å². The zero-order valence-corrected chi connectivity index (χ0v) is 29.1. The largest absolute Gasteiger partial charge is 0.494 e. The SMILES string of the molecule is CCOc1ccc(N(CC(=O)N(Cc2ccc(Br)cc2)[C@@H](C)C(=O)NC2CCCCC2)S(=O)(=O)c2ccc(OC)c(OC)c2)cc1. The third-order valence-electron chi connectivity index (χ3n) is 8.04. The number of carbonyl (C=O) groups excluding carboxylic acids is 2. The van der Waals surface area contributed by atoms with Crippen molar-refractivity contribution in [2.45, 2.75) is 69.5 Å². The van der Waals surface area contributed by atoms with Gasteiger partial charge in [-0.15, -0.1) is 0 Å². The van der Waals surface area contributed by atoms with Gasteiger partial charge in [0.15, 0.2) is 11.5 Å². The summed E-state index contributed by atoms with van der Waals surface area (Å²) in [6.45, 7) is 3.53. The first-order valence-electron chi connectivity index (χ1n) is 15.4. The summed E-state index contributed by atoms with van der Waals surface area (Å²) in [5, 5.41) is 3.12. The highest BCUT2D eigenvalue weighted by molar-refractivity contribution is 9.10. The van der Waals surface area contributed by atoms with Crippen molar-refractivity contribution in [1.29, 1.82) is 0 Å². The number of amides is 2. The van der Waals surface area contributed by atoms with Crippen molar-refractivity contribution in [2.24, 2.45) is 0 Å².